The van der Waals surface area contributed by atoms with Gasteiger partial charge in [0.15, 0.2) is 0 Å². The van der Waals surface area contributed by atoms with Crippen LogP contribution in [0.15, 0.2) is 42.7 Å². The number of hydrogen-bond donors (Lipinski definition) is 2. The van der Waals surface area contributed by atoms with Gasteiger partial charge in [0.2, 0.25) is 5.95 Å². The predicted octanol–water partition coefficient (Wildman–Crippen LogP) is 4.77. The third-order valence-corrected chi connectivity index (χ3v) is 7.08. The van der Waals surface area contributed by atoms with Crippen LogP contribution in [0.2, 0.25) is 5.15 Å². The lowest BCUT2D eigenvalue weighted by atomic mass is 9.99. The van der Waals surface area contributed by atoms with E-state index in [0.717, 1.165) is 19.3 Å². The van der Waals surface area contributed by atoms with E-state index in [2.05, 4.69) is 15.4 Å². The molecule has 0 saturated heterocycles. The first-order valence-electron chi connectivity index (χ1n) is 11.6. The molecule has 0 radical (unpaired) electrons. The number of aliphatic hydroxyl groups is 1. The molecule has 0 unspecified atom stereocenters. The maximum atomic E-state index is 15.2. The number of nitrogens with zero attached hydrogens (tertiary/aromatic N) is 4. The second-order valence-electron chi connectivity index (χ2n) is 9.24. The van der Waals surface area contributed by atoms with Crippen molar-refractivity contribution in [1.82, 2.24) is 24.5 Å². The summed E-state index contributed by atoms with van der Waals surface area (Å²) in [5.74, 6) is -1.56. The number of aromatic nitrogens is 4. The van der Waals surface area contributed by atoms with Gasteiger partial charge in [-0.3, -0.25) is 13.9 Å². The summed E-state index contributed by atoms with van der Waals surface area (Å²) in [4.78, 5) is 17.3. The van der Waals surface area contributed by atoms with Gasteiger partial charge in [0.25, 0.3) is 5.91 Å². The molecule has 6 rings (SSSR count). The van der Waals surface area contributed by atoms with Crippen LogP contribution in [0.4, 0.5) is 8.78 Å². The van der Waals surface area contributed by atoms with Crippen molar-refractivity contribution < 1.29 is 18.7 Å². The van der Waals surface area contributed by atoms with Crippen molar-refractivity contribution in [2.45, 2.75) is 50.3 Å². The molecule has 7 nitrogen and oxygen atoms in total. The second kappa shape index (κ2) is 8.42. The van der Waals surface area contributed by atoms with E-state index in [4.69, 9.17) is 11.6 Å². The molecule has 2 atom stereocenters. The van der Waals surface area contributed by atoms with Gasteiger partial charge >= 0.3 is 0 Å². The zero-order chi connectivity index (χ0) is 24.3. The van der Waals surface area contributed by atoms with Crippen molar-refractivity contribution >= 4 is 23.2 Å². The number of hydrogen-bond acceptors (Lipinski definition) is 4. The topological polar surface area (TPSA) is 84.5 Å². The van der Waals surface area contributed by atoms with E-state index < -0.39 is 17.9 Å². The van der Waals surface area contributed by atoms with Gasteiger partial charge in [-0.2, -0.15) is 4.39 Å². The van der Waals surface area contributed by atoms with E-state index in [1.165, 1.54) is 12.1 Å². The first-order chi connectivity index (χ1) is 16.9. The fraction of sp³-hybridized carbons (Fsp3) is 0.320. The SMILES string of the molecule is O=C(N[C@H]1CC[C@H](O)C1)c1ccn2c(Cl)c(-c3c(F)cccc3-c3cn(C4CC4)nc3F)nc2c1. The maximum absolute atomic E-state index is 15.2. The molecule has 3 heterocycles. The van der Waals surface area contributed by atoms with Gasteiger partial charge in [-0.1, -0.05) is 23.7 Å². The standard InChI is InChI=1S/C25H22ClF2N5O2/c26-23-22(21-17(2-1-3-19(21)27)18-12-33(15-5-6-15)31-24(18)28)30-20-10-13(8-9-32(20)23)25(35)29-14-4-7-16(34)11-14/h1-3,8-10,12,14-16,34H,4-7,11H2,(H,29,35)/t14-,16-/m0/s1. The highest BCUT2D eigenvalue weighted by Gasteiger charge is 2.29. The van der Waals surface area contributed by atoms with Crippen LogP contribution in [-0.2, 0) is 0 Å². The van der Waals surface area contributed by atoms with Gasteiger partial charge in [-0.15, -0.1) is 5.10 Å². The molecule has 180 valence electrons. The van der Waals surface area contributed by atoms with Crippen LogP contribution < -0.4 is 5.32 Å². The van der Waals surface area contributed by atoms with Crippen molar-refractivity contribution in [2.75, 3.05) is 0 Å². The summed E-state index contributed by atoms with van der Waals surface area (Å²) in [7, 11) is 0. The molecule has 0 spiro atoms. The third-order valence-electron chi connectivity index (χ3n) is 6.72. The Morgan fingerprint density at radius 2 is 1.97 bits per heavy atom. The summed E-state index contributed by atoms with van der Waals surface area (Å²) in [6.07, 6.45) is 6.57. The lowest BCUT2D eigenvalue weighted by Gasteiger charge is -2.12. The zero-order valence-electron chi connectivity index (χ0n) is 18.6. The summed E-state index contributed by atoms with van der Waals surface area (Å²) in [5.41, 5.74) is 1.43. The Labute approximate surface area is 204 Å². The zero-order valence-corrected chi connectivity index (χ0v) is 19.3. The van der Waals surface area contributed by atoms with Crippen molar-refractivity contribution in [3.05, 3.63) is 65.2 Å². The first-order valence-corrected chi connectivity index (χ1v) is 12.0. The van der Waals surface area contributed by atoms with Gasteiger partial charge in [0.1, 0.15) is 22.3 Å². The van der Waals surface area contributed by atoms with E-state index in [-0.39, 0.29) is 40.0 Å². The van der Waals surface area contributed by atoms with Crippen molar-refractivity contribution in [3.8, 4) is 22.4 Å². The van der Waals surface area contributed by atoms with Crippen molar-refractivity contribution in [2.24, 2.45) is 0 Å². The molecule has 2 N–H and O–H groups in total. The fourth-order valence-electron chi connectivity index (χ4n) is 4.74. The Hall–Kier alpha value is -3.30. The van der Waals surface area contributed by atoms with E-state index in [9.17, 15) is 14.3 Å². The molecular formula is C25H22ClF2N5O2. The number of carbonyl (C=O) groups is 1. The average Bonchev–Trinajstić information content (AvgIpc) is 3.39. The van der Waals surface area contributed by atoms with Crippen molar-refractivity contribution in [1.29, 1.82) is 0 Å². The summed E-state index contributed by atoms with van der Waals surface area (Å²) in [5, 5.41) is 16.7. The van der Waals surface area contributed by atoms with Crippen LogP contribution in [0, 0.1) is 11.8 Å². The van der Waals surface area contributed by atoms with E-state index in [0.29, 0.717) is 29.6 Å². The minimum atomic E-state index is -0.681. The van der Waals surface area contributed by atoms with Crippen LogP contribution in [0.3, 0.4) is 0 Å². The number of nitrogens with one attached hydrogen (secondary N) is 1. The molecule has 2 aliphatic carbocycles. The molecule has 10 heteroatoms. The molecule has 1 amide bonds. The van der Waals surface area contributed by atoms with E-state index in [1.807, 2.05) is 0 Å². The number of fused-ring (bicyclic) bond motifs is 1. The Bertz CT molecular complexity index is 1460. The summed E-state index contributed by atoms with van der Waals surface area (Å²) >= 11 is 6.60. The Morgan fingerprint density at radius 3 is 2.71 bits per heavy atom. The molecule has 2 fully saturated rings. The van der Waals surface area contributed by atoms with E-state index in [1.54, 1.807) is 39.7 Å². The van der Waals surface area contributed by atoms with Gasteiger partial charge in [-0.25, -0.2) is 9.37 Å². The van der Waals surface area contributed by atoms with Crippen LogP contribution in [0.1, 0.15) is 48.5 Å². The Balaban J connectivity index is 1.39. The highest BCUT2D eigenvalue weighted by Crippen LogP contribution is 2.41. The quantitative estimate of drug-likeness (QED) is 0.416. The highest BCUT2D eigenvalue weighted by atomic mass is 35.5. The number of aliphatic hydroxyl groups excluding tert-OH is 1. The number of imidazole rings is 1. The van der Waals surface area contributed by atoms with Gasteiger partial charge in [0, 0.05) is 35.1 Å². The maximum Gasteiger partial charge on any atom is 0.251 e. The third kappa shape index (κ3) is 3.98. The molecule has 1 aromatic carbocycles. The van der Waals surface area contributed by atoms with Crippen LogP contribution >= 0.6 is 11.6 Å². The van der Waals surface area contributed by atoms with E-state index >= 15 is 4.39 Å². The molecule has 4 aromatic rings. The Kier molecular flexibility index (Phi) is 5.34. The van der Waals surface area contributed by atoms with Gasteiger partial charge in [0.05, 0.1) is 17.7 Å². The molecule has 2 aliphatic rings. The van der Waals surface area contributed by atoms with Crippen LogP contribution in [0.5, 0.6) is 0 Å². The summed E-state index contributed by atoms with van der Waals surface area (Å²) < 4.78 is 33.1. The van der Waals surface area contributed by atoms with Crippen LogP contribution in [0.25, 0.3) is 28.0 Å². The smallest absolute Gasteiger partial charge is 0.251 e. The van der Waals surface area contributed by atoms with Crippen molar-refractivity contribution in [3.63, 3.8) is 0 Å². The molecule has 3 aromatic heterocycles. The van der Waals surface area contributed by atoms with Crippen LogP contribution in [-0.4, -0.2) is 42.3 Å². The Morgan fingerprint density at radius 1 is 1.14 bits per heavy atom. The van der Waals surface area contributed by atoms with Gasteiger partial charge in [-0.05, 0) is 50.3 Å². The number of amides is 1. The monoisotopic (exact) mass is 497 g/mol. The predicted molar refractivity (Wildman–Crippen MR) is 126 cm³/mol. The number of rotatable bonds is 5. The molecule has 2 saturated carbocycles. The molecular weight excluding hydrogens is 476 g/mol. The number of halogens is 3. The summed E-state index contributed by atoms with van der Waals surface area (Å²) in [6, 6.07) is 7.66. The normalized spacial score (nSPS) is 20.0. The first kappa shape index (κ1) is 22.2. The number of pyridine rings is 1. The second-order valence-corrected chi connectivity index (χ2v) is 9.60. The number of carbonyl (C=O) groups excluding carboxylic acids is 1. The number of benzene rings is 1. The summed E-state index contributed by atoms with van der Waals surface area (Å²) in [6.45, 7) is 0. The molecule has 35 heavy (non-hydrogen) atoms. The minimum absolute atomic E-state index is 0.0707. The van der Waals surface area contributed by atoms with Gasteiger partial charge < -0.3 is 10.4 Å². The average molecular weight is 498 g/mol. The molecule has 0 bridgehead atoms. The fourth-order valence-corrected chi connectivity index (χ4v) is 5.02. The molecule has 0 aliphatic heterocycles. The lowest BCUT2D eigenvalue weighted by Crippen LogP contribution is -2.33. The lowest BCUT2D eigenvalue weighted by molar-refractivity contribution is 0.0934. The highest BCUT2D eigenvalue weighted by molar-refractivity contribution is 6.32. The largest absolute Gasteiger partial charge is 0.393 e. The minimum Gasteiger partial charge on any atom is -0.393 e.